The average Bonchev–Trinajstić information content (AvgIpc) is 1.76. The Balaban J connectivity index is 0.000000250. The largest absolute Gasteiger partial charge is 0.253 e. The summed E-state index contributed by atoms with van der Waals surface area (Å²) < 4.78 is 0. The van der Waals surface area contributed by atoms with Crippen LogP contribution >= 0.6 is 11.3 Å². The van der Waals surface area contributed by atoms with Crippen molar-refractivity contribution < 1.29 is 0 Å². The van der Waals surface area contributed by atoms with E-state index in [-0.39, 0.29) is 29.6 Å². The second kappa shape index (κ2) is 3.81. The van der Waals surface area contributed by atoms with Gasteiger partial charge in [-0.3, -0.25) is 4.98 Å². The summed E-state index contributed by atoms with van der Waals surface area (Å²) in [6.45, 7) is 0. The van der Waals surface area contributed by atoms with Crippen molar-refractivity contribution >= 4 is 40.9 Å². The first-order valence-electron chi connectivity index (χ1n) is 1.32. The normalized spacial score (nSPS) is 6.67. The Kier molecular flexibility index (Phi) is 4.21. The van der Waals surface area contributed by atoms with Crippen molar-refractivity contribution in [2.24, 2.45) is 0 Å². The van der Waals surface area contributed by atoms with E-state index in [1.807, 2.05) is 5.38 Å². The van der Waals surface area contributed by atoms with Gasteiger partial charge < -0.3 is 0 Å². The first kappa shape index (κ1) is 6.63. The van der Waals surface area contributed by atoms with Crippen molar-refractivity contribution in [3.05, 3.63) is 17.1 Å². The molecule has 28 valence electrons. The second-order valence-electron chi connectivity index (χ2n) is 0.676. The Hall–Kier alpha value is 0.630. The van der Waals surface area contributed by atoms with Crippen molar-refractivity contribution in [1.82, 2.24) is 4.98 Å². The summed E-state index contributed by atoms with van der Waals surface area (Å²) in [4.78, 5) is 3.74. The van der Waals surface area contributed by atoms with E-state index in [2.05, 4.69) is 4.98 Å². The molecule has 1 aromatic heterocycles. The zero-order valence-corrected chi connectivity index (χ0v) is 3.40. The van der Waals surface area contributed by atoms with Crippen LogP contribution in [0.4, 0.5) is 0 Å². The minimum Gasteiger partial charge on any atom is -0.253 e. The van der Waals surface area contributed by atoms with E-state index in [1.54, 1.807) is 23.0 Å². The standard InChI is InChI=1S/C3H3NS.Na.H/c1-2-5-3-4-1;;/h1-3H;;. The maximum absolute atomic E-state index is 3.74. The van der Waals surface area contributed by atoms with E-state index in [9.17, 15) is 0 Å². The SMILES string of the molecule is [NaH].c1cscn1. The Bertz CT molecular complexity index is 67.3. The van der Waals surface area contributed by atoms with Gasteiger partial charge in [0.15, 0.2) is 0 Å². The van der Waals surface area contributed by atoms with Gasteiger partial charge in [-0.2, -0.15) is 0 Å². The van der Waals surface area contributed by atoms with Gasteiger partial charge in [0.2, 0.25) is 0 Å². The summed E-state index contributed by atoms with van der Waals surface area (Å²) in [6.07, 6.45) is 1.77. The molecule has 1 aromatic rings. The summed E-state index contributed by atoms with van der Waals surface area (Å²) in [6, 6.07) is 0. The van der Waals surface area contributed by atoms with Crippen LogP contribution in [-0.2, 0) is 0 Å². The van der Waals surface area contributed by atoms with E-state index in [0.29, 0.717) is 0 Å². The van der Waals surface area contributed by atoms with Crippen molar-refractivity contribution in [3.8, 4) is 0 Å². The number of thiazole rings is 1. The molecule has 3 heteroatoms. The van der Waals surface area contributed by atoms with Gasteiger partial charge in [0, 0.05) is 11.6 Å². The third-order valence-electron chi connectivity index (χ3n) is 0.347. The third kappa shape index (κ3) is 1.92. The molecule has 6 heavy (non-hydrogen) atoms. The molecule has 0 radical (unpaired) electrons. The fraction of sp³-hybridized carbons (Fsp3) is 0. The second-order valence-corrected chi connectivity index (χ2v) is 1.43. The van der Waals surface area contributed by atoms with E-state index in [0.717, 1.165) is 0 Å². The molecule has 1 nitrogen and oxygen atoms in total. The predicted molar refractivity (Wildman–Crippen MR) is 29.3 cm³/mol. The summed E-state index contributed by atoms with van der Waals surface area (Å²) in [5, 5.41) is 1.93. The van der Waals surface area contributed by atoms with E-state index in [4.69, 9.17) is 0 Å². The summed E-state index contributed by atoms with van der Waals surface area (Å²) in [5.41, 5.74) is 1.79. The molecule has 0 amide bonds. The zero-order chi connectivity index (χ0) is 3.54. The van der Waals surface area contributed by atoms with Crippen LogP contribution in [-0.4, -0.2) is 34.5 Å². The van der Waals surface area contributed by atoms with Crippen LogP contribution < -0.4 is 0 Å². The van der Waals surface area contributed by atoms with Crippen molar-refractivity contribution in [2.75, 3.05) is 0 Å². The van der Waals surface area contributed by atoms with Crippen LogP contribution in [0.2, 0.25) is 0 Å². The molecule has 1 heterocycles. The van der Waals surface area contributed by atoms with Gasteiger partial charge in [-0.05, 0) is 0 Å². The Morgan fingerprint density at radius 1 is 1.50 bits per heavy atom. The van der Waals surface area contributed by atoms with E-state index in [1.165, 1.54) is 0 Å². The van der Waals surface area contributed by atoms with Crippen molar-refractivity contribution in [1.29, 1.82) is 0 Å². The molecule has 0 aromatic carbocycles. The zero-order valence-electron chi connectivity index (χ0n) is 2.59. The molecule has 0 aliphatic carbocycles. The maximum atomic E-state index is 3.74. The molecular weight excluding hydrogens is 105 g/mol. The van der Waals surface area contributed by atoms with Gasteiger partial charge >= 0.3 is 29.6 Å². The van der Waals surface area contributed by atoms with Crippen molar-refractivity contribution in [3.63, 3.8) is 0 Å². The molecule has 0 unspecified atom stereocenters. The third-order valence-corrected chi connectivity index (χ3v) is 0.869. The Morgan fingerprint density at radius 2 is 2.33 bits per heavy atom. The van der Waals surface area contributed by atoms with Crippen LogP contribution in [0.5, 0.6) is 0 Å². The maximum Gasteiger partial charge on any atom is 0.0791 e. The number of aromatic nitrogens is 1. The Morgan fingerprint density at radius 3 is 2.50 bits per heavy atom. The van der Waals surface area contributed by atoms with Gasteiger partial charge in [-0.15, -0.1) is 11.3 Å². The minimum absolute atomic E-state index is 0. The molecule has 0 saturated heterocycles. The molecule has 0 fully saturated rings. The number of hydrogen-bond acceptors (Lipinski definition) is 2. The van der Waals surface area contributed by atoms with Crippen LogP contribution in [0.15, 0.2) is 17.1 Å². The summed E-state index contributed by atoms with van der Waals surface area (Å²) in [7, 11) is 0. The molecule has 0 aliphatic rings. The van der Waals surface area contributed by atoms with E-state index < -0.39 is 0 Å². The van der Waals surface area contributed by atoms with Gasteiger partial charge in [0.05, 0.1) is 5.51 Å². The monoisotopic (exact) mass is 109 g/mol. The molecule has 0 saturated carbocycles. The molecule has 1 rings (SSSR count). The quantitative estimate of drug-likeness (QED) is 0.442. The van der Waals surface area contributed by atoms with E-state index >= 15 is 0 Å². The summed E-state index contributed by atoms with van der Waals surface area (Å²) in [5.74, 6) is 0. The van der Waals surface area contributed by atoms with Gasteiger partial charge in [0.1, 0.15) is 0 Å². The van der Waals surface area contributed by atoms with Gasteiger partial charge in [-0.1, -0.05) is 0 Å². The predicted octanol–water partition coefficient (Wildman–Crippen LogP) is 0.495. The van der Waals surface area contributed by atoms with Crippen LogP contribution in [0.3, 0.4) is 0 Å². The smallest absolute Gasteiger partial charge is 0.0791 e. The van der Waals surface area contributed by atoms with Crippen LogP contribution in [0.1, 0.15) is 0 Å². The molecular formula is C3H4NNaS. The Labute approximate surface area is 62.7 Å². The number of rotatable bonds is 0. The fourth-order valence-electron chi connectivity index (χ4n) is 0.176. The molecule has 0 spiro atoms. The molecule has 0 aliphatic heterocycles. The van der Waals surface area contributed by atoms with Crippen LogP contribution in [0, 0.1) is 0 Å². The fourth-order valence-corrected chi connectivity index (χ4v) is 0.527. The number of nitrogens with zero attached hydrogens (tertiary/aromatic N) is 1. The summed E-state index contributed by atoms with van der Waals surface area (Å²) >= 11 is 1.60. The molecule has 0 bridgehead atoms. The first-order chi connectivity index (χ1) is 2.50. The minimum atomic E-state index is 0. The average molecular weight is 109 g/mol. The van der Waals surface area contributed by atoms with Gasteiger partial charge in [0.25, 0.3) is 0 Å². The van der Waals surface area contributed by atoms with Gasteiger partial charge in [-0.25, -0.2) is 0 Å². The van der Waals surface area contributed by atoms with Crippen LogP contribution in [0.25, 0.3) is 0 Å². The first-order valence-corrected chi connectivity index (χ1v) is 2.26. The molecule has 0 N–H and O–H groups in total. The number of hydrogen-bond donors (Lipinski definition) is 0. The molecule has 0 atom stereocenters. The van der Waals surface area contributed by atoms with Crippen molar-refractivity contribution in [2.45, 2.75) is 0 Å². The topological polar surface area (TPSA) is 12.9 Å².